The van der Waals surface area contributed by atoms with Crippen LogP contribution in [-0.2, 0) is 0 Å². The van der Waals surface area contributed by atoms with E-state index in [1.54, 1.807) is 0 Å². The highest BCUT2D eigenvalue weighted by Crippen LogP contribution is 2.58. The highest BCUT2D eigenvalue weighted by atomic mass is 19.3. The van der Waals surface area contributed by atoms with Crippen LogP contribution < -0.4 is 16.2 Å². The fourth-order valence-electron chi connectivity index (χ4n) is 3.82. The van der Waals surface area contributed by atoms with Gasteiger partial charge in [0.1, 0.15) is 0 Å². The first kappa shape index (κ1) is 17.6. The van der Waals surface area contributed by atoms with E-state index in [1.807, 2.05) is 19.9 Å². The van der Waals surface area contributed by atoms with Crippen molar-refractivity contribution in [2.24, 2.45) is 28.5 Å². The Morgan fingerprint density at radius 1 is 1.36 bits per heavy atom. The molecule has 2 unspecified atom stereocenters. The number of aliphatic imine (C=N–C) groups is 1. The molecule has 1 aromatic heterocycles. The Morgan fingerprint density at radius 3 is 2.64 bits per heavy atom. The van der Waals surface area contributed by atoms with Gasteiger partial charge in [0.15, 0.2) is 11.6 Å². The molecule has 2 atom stereocenters. The molecule has 0 spiro atoms. The SMILES string of the molecule is CC(C)N=C(C=C(N)c1cnc(N)c(OC(F)F)c1)C1C2CCCC21. The van der Waals surface area contributed by atoms with Gasteiger partial charge in [-0.15, -0.1) is 0 Å². The molecule has 0 saturated heterocycles. The normalized spacial score (nSPS) is 26.2. The van der Waals surface area contributed by atoms with Gasteiger partial charge in [0, 0.05) is 35.1 Å². The van der Waals surface area contributed by atoms with Crippen LogP contribution in [0.5, 0.6) is 5.75 Å². The summed E-state index contributed by atoms with van der Waals surface area (Å²) >= 11 is 0. The molecule has 1 heterocycles. The molecular formula is C18H24F2N4O. The molecule has 5 nitrogen and oxygen atoms in total. The molecule has 0 amide bonds. The molecule has 0 aromatic carbocycles. The van der Waals surface area contributed by atoms with Crippen molar-refractivity contribution in [3.8, 4) is 5.75 Å². The van der Waals surface area contributed by atoms with Crippen molar-refractivity contribution in [1.29, 1.82) is 0 Å². The lowest BCUT2D eigenvalue weighted by Crippen LogP contribution is -2.11. The van der Waals surface area contributed by atoms with E-state index in [0.29, 0.717) is 29.0 Å². The molecule has 4 N–H and O–H groups in total. The van der Waals surface area contributed by atoms with Crippen LogP contribution in [0.1, 0.15) is 38.7 Å². The molecule has 2 aliphatic carbocycles. The standard InChI is InChI=1S/C18H24F2N4O/c1-9(2)24-14(16-11-4-3-5-12(11)16)7-13(21)10-6-15(25-18(19)20)17(22)23-8-10/h6-9,11-12,16,18H,3-5,21H2,1-2H3,(H2,22,23). The Labute approximate surface area is 146 Å². The number of hydrogen-bond donors (Lipinski definition) is 2. The molecule has 3 rings (SSSR count). The fraction of sp³-hybridized carbons (Fsp3) is 0.556. The Morgan fingerprint density at radius 2 is 2.04 bits per heavy atom. The molecule has 0 bridgehead atoms. The van der Waals surface area contributed by atoms with E-state index in [0.717, 1.165) is 5.71 Å². The van der Waals surface area contributed by atoms with Crippen LogP contribution in [0, 0.1) is 17.8 Å². The van der Waals surface area contributed by atoms with Crippen molar-refractivity contribution in [2.75, 3.05) is 5.73 Å². The van der Waals surface area contributed by atoms with E-state index in [9.17, 15) is 8.78 Å². The Kier molecular flexibility index (Phi) is 4.92. The maximum Gasteiger partial charge on any atom is 0.387 e. The number of alkyl halides is 2. The number of halogens is 2. The lowest BCUT2D eigenvalue weighted by molar-refractivity contribution is -0.0495. The summed E-state index contributed by atoms with van der Waals surface area (Å²) < 4.78 is 29.3. The van der Waals surface area contributed by atoms with Crippen LogP contribution in [0.3, 0.4) is 0 Å². The fourth-order valence-corrected chi connectivity index (χ4v) is 3.82. The minimum atomic E-state index is -2.96. The lowest BCUT2D eigenvalue weighted by Gasteiger charge is -2.11. The predicted octanol–water partition coefficient (Wildman–Crippen LogP) is 3.46. The van der Waals surface area contributed by atoms with Crippen LogP contribution in [0.4, 0.5) is 14.6 Å². The smallest absolute Gasteiger partial charge is 0.387 e. The highest BCUT2D eigenvalue weighted by Gasteiger charge is 2.54. The Balaban J connectivity index is 1.85. The average molecular weight is 350 g/mol. The summed E-state index contributed by atoms with van der Waals surface area (Å²) in [5.41, 5.74) is 13.7. The van der Waals surface area contributed by atoms with Crippen molar-refractivity contribution >= 4 is 17.2 Å². The summed E-state index contributed by atoms with van der Waals surface area (Å²) in [5, 5.41) is 0. The number of anilines is 1. The molecular weight excluding hydrogens is 326 g/mol. The van der Waals surface area contributed by atoms with Crippen LogP contribution >= 0.6 is 0 Å². The van der Waals surface area contributed by atoms with Crippen molar-refractivity contribution < 1.29 is 13.5 Å². The number of rotatable bonds is 6. The number of fused-ring (bicyclic) bond motifs is 1. The maximum atomic E-state index is 12.5. The van der Waals surface area contributed by atoms with Crippen molar-refractivity contribution in [3.05, 3.63) is 23.9 Å². The summed E-state index contributed by atoms with van der Waals surface area (Å²) in [7, 11) is 0. The van der Waals surface area contributed by atoms with E-state index in [1.165, 1.54) is 31.5 Å². The van der Waals surface area contributed by atoms with Gasteiger partial charge in [-0.05, 0) is 50.7 Å². The molecule has 0 radical (unpaired) electrons. The largest absolute Gasteiger partial charge is 0.431 e. The number of pyridine rings is 1. The first-order valence-corrected chi connectivity index (χ1v) is 8.62. The second-order valence-electron chi connectivity index (χ2n) is 7.02. The first-order valence-electron chi connectivity index (χ1n) is 8.62. The summed E-state index contributed by atoms with van der Waals surface area (Å²) in [6, 6.07) is 1.56. The number of hydrogen-bond acceptors (Lipinski definition) is 5. The molecule has 7 heteroatoms. The Bertz CT molecular complexity index is 692. The molecule has 2 saturated carbocycles. The minimum Gasteiger partial charge on any atom is -0.431 e. The van der Waals surface area contributed by atoms with Gasteiger partial charge in [0.25, 0.3) is 0 Å². The van der Waals surface area contributed by atoms with Gasteiger partial charge in [0.05, 0.1) is 0 Å². The molecule has 2 fully saturated rings. The van der Waals surface area contributed by atoms with Crippen molar-refractivity contribution in [1.82, 2.24) is 4.98 Å². The third-order valence-electron chi connectivity index (χ3n) is 4.89. The Hall–Kier alpha value is -2.18. The van der Waals surface area contributed by atoms with Gasteiger partial charge >= 0.3 is 6.61 Å². The zero-order valence-electron chi connectivity index (χ0n) is 14.5. The van der Waals surface area contributed by atoms with E-state index in [2.05, 4.69) is 9.72 Å². The molecule has 136 valence electrons. The van der Waals surface area contributed by atoms with Crippen LogP contribution in [0.15, 0.2) is 23.3 Å². The third-order valence-corrected chi connectivity index (χ3v) is 4.89. The summed E-state index contributed by atoms with van der Waals surface area (Å²) in [6.07, 6.45) is 7.09. The van der Waals surface area contributed by atoms with Crippen molar-refractivity contribution in [3.63, 3.8) is 0 Å². The number of nitrogens with two attached hydrogens (primary N) is 2. The van der Waals surface area contributed by atoms with Crippen LogP contribution in [-0.4, -0.2) is 23.3 Å². The monoisotopic (exact) mass is 350 g/mol. The van der Waals surface area contributed by atoms with E-state index < -0.39 is 6.61 Å². The molecule has 2 aliphatic rings. The molecule has 1 aromatic rings. The summed E-state index contributed by atoms with van der Waals surface area (Å²) in [5.74, 6) is 1.63. The second-order valence-corrected chi connectivity index (χ2v) is 7.02. The maximum absolute atomic E-state index is 12.5. The average Bonchev–Trinajstić information content (AvgIpc) is 3.00. The first-order chi connectivity index (χ1) is 11.9. The zero-order valence-corrected chi connectivity index (χ0v) is 14.5. The van der Waals surface area contributed by atoms with Gasteiger partial charge in [-0.1, -0.05) is 6.42 Å². The summed E-state index contributed by atoms with van der Waals surface area (Å²) in [4.78, 5) is 8.64. The number of nitrogens with zero attached hydrogens (tertiary/aromatic N) is 2. The zero-order chi connectivity index (χ0) is 18.1. The second kappa shape index (κ2) is 6.98. The third kappa shape index (κ3) is 3.91. The highest BCUT2D eigenvalue weighted by molar-refractivity contribution is 6.04. The van der Waals surface area contributed by atoms with Gasteiger partial charge in [-0.3, -0.25) is 4.99 Å². The predicted molar refractivity (Wildman–Crippen MR) is 94.3 cm³/mol. The molecule has 25 heavy (non-hydrogen) atoms. The van der Waals surface area contributed by atoms with Gasteiger partial charge in [0.2, 0.25) is 0 Å². The van der Waals surface area contributed by atoms with E-state index in [-0.39, 0.29) is 17.6 Å². The van der Waals surface area contributed by atoms with E-state index >= 15 is 0 Å². The molecule has 0 aliphatic heterocycles. The van der Waals surface area contributed by atoms with Crippen LogP contribution in [0.25, 0.3) is 5.70 Å². The summed E-state index contributed by atoms with van der Waals surface area (Å²) in [6.45, 7) is 1.09. The lowest BCUT2D eigenvalue weighted by atomic mass is 10.0. The van der Waals surface area contributed by atoms with Crippen molar-refractivity contribution in [2.45, 2.75) is 45.8 Å². The minimum absolute atomic E-state index is 0.0929. The number of aromatic nitrogens is 1. The van der Waals surface area contributed by atoms with E-state index in [4.69, 9.17) is 16.5 Å². The van der Waals surface area contributed by atoms with Gasteiger partial charge in [-0.2, -0.15) is 8.78 Å². The quantitative estimate of drug-likeness (QED) is 0.769. The van der Waals surface area contributed by atoms with Gasteiger partial charge in [-0.25, -0.2) is 4.98 Å². The number of allylic oxidation sites excluding steroid dienone is 1. The number of ether oxygens (including phenoxy) is 1. The van der Waals surface area contributed by atoms with Gasteiger partial charge < -0.3 is 16.2 Å². The number of nitrogen functional groups attached to an aromatic ring is 1. The van der Waals surface area contributed by atoms with Crippen LogP contribution in [0.2, 0.25) is 0 Å². The topological polar surface area (TPSA) is 86.5 Å².